The van der Waals surface area contributed by atoms with E-state index in [9.17, 15) is 0 Å². The quantitative estimate of drug-likeness (QED) is 0.373. The van der Waals surface area contributed by atoms with Gasteiger partial charge in [0.25, 0.3) is 0 Å². The van der Waals surface area contributed by atoms with Gasteiger partial charge < -0.3 is 9.80 Å². The zero-order valence-electron chi connectivity index (χ0n) is 21.6. The molecule has 0 saturated carbocycles. The second kappa shape index (κ2) is 14.8. The van der Waals surface area contributed by atoms with E-state index in [2.05, 4.69) is 67.4 Å². The first-order valence-corrected chi connectivity index (χ1v) is 14.5. The van der Waals surface area contributed by atoms with Gasteiger partial charge in [0.2, 0.25) is 0 Å². The Labute approximate surface area is 214 Å². The van der Waals surface area contributed by atoms with Gasteiger partial charge in [-0.15, -0.1) is 0 Å². The van der Waals surface area contributed by atoms with Crippen molar-refractivity contribution in [3.05, 3.63) is 34.9 Å². The fourth-order valence-electron chi connectivity index (χ4n) is 4.49. The van der Waals surface area contributed by atoms with Gasteiger partial charge in [-0.2, -0.15) is 17.5 Å². The molecular weight excluding hydrogens is 460 g/mol. The van der Waals surface area contributed by atoms with Crippen LogP contribution in [0.3, 0.4) is 0 Å². The number of rotatable bonds is 10. The van der Waals surface area contributed by atoms with Crippen molar-refractivity contribution >= 4 is 34.6 Å². The van der Waals surface area contributed by atoms with E-state index in [4.69, 9.17) is 0 Å². The molecule has 0 aliphatic carbocycles. The Bertz CT molecular complexity index is 916. The smallest absolute Gasteiger partial charge is 0.104 e. The molecule has 188 valence electrons. The van der Waals surface area contributed by atoms with Gasteiger partial charge >= 0.3 is 0 Å². The van der Waals surface area contributed by atoms with Gasteiger partial charge in [-0.25, -0.2) is 0 Å². The van der Waals surface area contributed by atoms with Crippen LogP contribution in [0.25, 0.3) is 11.1 Å². The molecular formula is C26H42N6S2. The highest BCUT2D eigenvalue weighted by molar-refractivity contribution is 6.99. The second-order valence-corrected chi connectivity index (χ2v) is 10.6. The monoisotopic (exact) mass is 502 g/mol. The first-order valence-electron chi connectivity index (χ1n) is 13.0. The lowest BCUT2D eigenvalue weighted by atomic mass is 10.0. The first kappa shape index (κ1) is 27.1. The molecule has 4 rings (SSSR count). The van der Waals surface area contributed by atoms with E-state index in [0.717, 1.165) is 64.0 Å². The van der Waals surface area contributed by atoms with Gasteiger partial charge in [0, 0.05) is 26.2 Å². The van der Waals surface area contributed by atoms with Crippen molar-refractivity contribution in [3.63, 3.8) is 0 Å². The fraction of sp³-hybridized carbons (Fsp3) is 0.692. The normalized spacial score (nSPS) is 17.2. The van der Waals surface area contributed by atoms with Crippen molar-refractivity contribution in [3.8, 4) is 0 Å². The number of nitrogens with zero attached hydrogens (tertiary/aromatic N) is 6. The average molecular weight is 503 g/mol. The van der Waals surface area contributed by atoms with Crippen LogP contribution in [0.15, 0.2) is 12.2 Å². The Balaban J connectivity index is 0.000000196. The van der Waals surface area contributed by atoms with Crippen LogP contribution in [0.2, 0.25) is 0 Å². The molecule has 0 atom stereocenters. The minimum Gasteiger partial charge on any atom is -0.302 e. The molecule has 2 aliphatic rings. The highest BCUT2D eigenvalue weighted by Crippen LogP contribution is 2.24. The summed E-state index contributed by atoms with van der Waals surface area (Å²) in [5.41, 5.74) is 7.47. The van der Waals surface area contributed by atoms with E-state index >= 15 is 0 Å². The predicted molar refractivity (Wildman–Crippen MR) is 146 cm³/mol. The summed E-state index contributed by atoms with van der Waals surface area (Å²) in [6.07, 6.45) is 16.8. The van der Waals surface area contributed by atoms with E-state index < -0.39 is 0 Å². The van der Waals surface area contributed by atoms with E-state index in [1.165, 1.54) is 83.8 Å². The molecule has 0 aromatic carbocycles. The molecule has 0 unspecified atom stereocenters. The highest BCUT2D eigenvalue weighted by Gasteiger charge is 2.17. The van der Waals surface area contributed by atoms with Crippen molar-refractivity contribution in [1.29, 1.82) is 0 Å². The van der Waals surface area contributed by atoms with Crippen LogP contribution < -0.4 is 0 Å². The van der Waals surface area contributed by atoms with Gasteiger partial charge in [0.15, 0.2) is 0 Å². The van der Waals surface area contributed by atoms with Crippen molar-refractivity contribution in [2.75, 3.05) is 40.3 Å². The number of likely N-dealkylation sites (N-methyl/N-ethyl adjacent to an activating group) is 2. The summed E-state index contributed by atoms with van der Waals surface area (Å²) >= 11 is 2.71. The van der Waals surface area contributed by atoms with Crippen LogP contribution in [-0.4, -0.2) is 67.6 Å². The number of aromatic nitrogens is 4. The van der Waals surface area contributed by atoms with E-state index in [1.54, 1.807) is 0 Å². The maximum absolute atomic E-state index is 4.52. The van der Waals surface area contributed by atoms with Crippen LogP contribution >= 0.6 is 23.5 Å². The lowest BCUT2D eigenvalue weighted by Crippen LogP contribution is -2.25. The fourth-order valence-corrected chi connectivity index (χ4v) is 5.73. The van der Waals surface area contributed by atoms with Gasteiger partial charge in [-0.1, -0.05) is 58.1 Å². The molecule has 0 radical (unpaired) electrons. The number of hydrogen-bond acceptors (Lipinski definition) is 8. The molecule has 0 spiro atoms. The van der Waals surface area contributed by atoms with E-state index in [-0.39, 0.29) is 0 Å². The van der Waals surface area contributed by atoms with Crippen molar-refractivity contribution in [1.82, 2.24) is 27.3 Å². The van der Waals surface area contributed by atoms with Gasteiger partial charge in [-0.05, 0) is 57.3 Å². The zero-order valence-corrected chi connectivity index (χ0v) is 23.2. The molecule has 0 N–H and O–H groups in total. The highest BCUT2D eigenvalue weighted by atomic mass is 32.1. The molecule has 0 bridgehead atoms. The summed E-state index contributed by atoms with van der Waals surface area (Å²) in [5.74, 6) is 0. The van der Waals surface area contributed by atoms with E-state index in [1.807, 2.05) is 0 Å². The third kappa shape index (κ3) is 8.33. The lowest BCUT2D eigenvalue weighted by Gasteiger charge is -2.22. The van der Waals surface area contributed by atoms with Gasteiger partial charge in [-0.3, -0.25) is 0 Å². The minimum absolute atomic E-state index is 1.02. The molecule has 0 saturated heterocycles. The molecule has 0 fully saturated rings. The third-order valence-electron chi connectivity index (χ3n) is 6.41. The molecule has 8 heteroatoms. The Morgan fingerprint density at radius 1 is 0.676 bits per heavy atom. The Morgan fingerprint density at radius 3 is 1.71 bits per heavy atom. The van der Waals surface area contributed by atoms with Crippen LogP contribution in [0.1, 0.15) is 88.0 Å². The Hall–Kier alpha value is -1.48. The summed E-state index contributed by atoms with van der Waals surface area (Å²) in [6.45, 7) is 8.80. The van der Waals surface area contributed by atoms with Crippen LogP contribution in [0.4, 0.5) is 0 Å². The Kier molecular flexibility index (Phi) is 11.8. The maximum atomic E-state index is 4.52. The van der Waals surface area contributed by atoms with Gasteiger partial charge in [0.05, 0.1) is 34.8 Å². The summed E-state index contributed by atoms with van der Waals surface area (Å²) in [5, 5.41) is 0. The minimum atomic E-state index is 1.02. The zero-order chi connectivity index (χ0) is 24.2. The number of aryl methyl sites for hydroxylation is 2. The summed E-state index contributed by atoms with van der Waals surface area (Å²) in [6, 6.07) is 0. The summed E-state index contributed by atoms with van der Waals surface area (Å²) in [7, 11) is 4.34. The first-order chi connectivity index (χ1) is 16.6. The second-order valence-electron chi connectivity index (χ2n) is 9.54. The standard InChI is InChI=1S/C15H25N3S.C11H17N3S/c1-3-4-5-6-7-10-14-15(17-19-16-14)13-9-8-11-18(2)12-13;1-3-5-10-11(13-15-12-10)9-6-4-7-14(2)8-9/h9H,3-8,10-12H2,1-2H3;6H,3-5,7-8H2,1-2H3. The molecule has 2 aromatic heterocycles. The van der Waals surface area contributed by atoms with Crippen LogP contribution in [-0.2, 0) is 12.8 Å². The predicted octanol–water partition coefficient (Wildman–Crippen LogP) is 5.98. The van der Waals surface area contributed by atoms with Crippen molar-refractivity contribution in [2.45, 2.75) is 78.1 Å². The van der Waals surface area contributed by atoms with E-state index in [0.29, 0.717) is 0 Å². The third-order valence-corrected chi connectivity index (χ3v) is 7.54. The number of hydrogen-bond donors (Lipinski definition) is 0. The van der Waals surface area contributed by atoms with Crippen LogP contribution in [0.5, 0.6) is 0 Å². The molecule has 4 heterocycles. The largest absolute Gasteiger partial charge is 0.302 e. The summed E-state index contributed by atoms with van der Waals surface area (Å²) < 4.78 is 17.8. The maximum Gasteiger partial charge on any atom is 0.104 e. The van der Waals surface area contributed by atoms with Crippen molar-refractivity contribution < 1.29 is 0 Å². The topological polar surface area (TPSA) is 58.0 Å². The molecule has 2 aromatic rings. The SMILES string of the molecule is CCCCCCCc1nsnc1C1=CCCN(C)C1.CCCc1nsnc1C1=CCCN(C)C1. The molecule has 34 heavy (non-hydrogen) atoms. The molecule has 2 aliphatic heterocycles. The van der Waals surface area contributed by atoms with Crippen LogP contribution in [0, 0.1) is 0 Å². The summed E-state index contributed by atoms with van der Waals surface area (Å²) in [4.78, 5) is 4.70. The average Bonchev–Trinajstić information content (AvgIpc) is 3.49. The van der Waals surface area contributed by atoms with Crippen molar-refractivity contribution in [2.24, 2.45) is 0 Å². The number of unbranched alkanes of at least 4 members (excludes halogenated alkanes) is 4. The van der Waals surface area contributed by atoms with Gasteiger partial charge in [0.1, 0.15) is 11.4 Å². The Morgan fingerprint density at radius 2 is 1.21 bits per heavy atom. The molecule has 6 nitrogen and oxygen atoms in total. The lowest BCUT2D eigenvalue weighted by molar-refractivity contribution is 0.372. The molecule has 0 amide bonds.